The van der Waals surface area contributed by atoms with Crippen molar-refractivity contribution in [2.24, 2.45) is 34.5 Å². The molecule has 0 aromatic heterocycles. The third-order valence-electron chi connectivity index (χ3n) is 9.46. The first-order valence-electron chi connectivity index (χ1n) is 11.4. The highest BCUT2D eigenvalue weighted by atomic mass is 35.5. The van der Waals surface area contributed by atoms with Crippen LogP contribution in [-0.2, 0) is 4.79 Å². The number of fused-ring (bicyclic) bond motifs is 5. The lowest BCUT2D eigenvalue weighted by Gasteiger charge is -2.59. The Balaban J connectivity index is 1.48. The zero-order chi connectivity index (χ0) is 19.5. The smallest absolute Gasteiger partial charge is 0.165 e. The number of allylic oxidation sites excluding steroid dienone is 1. The van der Waals surface area contributed by atoms with Crippen LogP contribution in [0.25, 0.3) is 6.08 Å². The average Bonchev–Trinajstić information content (AvgIpc) is 2.94. The van der Waals surface area contributed by atoms with E-state index in [0.29, 0.717) is 17.1 Å². The van der Waals surface area contributed by atoms with Gasteiger partial charge in [0.1, 0.15) is 0 Å². The molecule has 1 aromatic carbocycles. The van der Waals surface area contributed by atoms with Crippen molar-refractivity contribution in [3.63, 3.8) is 0 Å². The highest BCUT2D eigenvalue weighted by Crippen LogP contribution is 2.66. The van der Waals surface area contributed by atoms with Crippen LogP contribution in [0.2, 0.25) is 5.02 Å². The van der Waals surface area contributed by atoms with Crippen LogP contribution < -0.4 is 0 Å². The molecule has 4 aliphatic rings. The lowest BCUT2D eigenvalue weighted by Crippen LogP contribution is -2.52. The molecule has 0 radical (unpaired) electrons. The van der Waals surface area contributed by atoms with E-state index in [0.717, 1.165) is 46.8 Å². The van der Waals surface area contributed by atoms with Crippen molar-refractivity contribution in [3.8, 4) is 0 Å². The van der Waals surface area contributed by atoms with E-state index in [1.54, 1.807) is 0 Å². The van der Waals surface area contributed by atoms with E-state index in [4.69, 9.17) is 11.6 Å². The minimum atomic E-state index is -0.147. The summed E-state index contributed by atoms with van der Waals surface area (Å²) in [5.74, 6) is 3.44. The number of halogens is 1. The maximum atomic E-state index is 13.5. The Kier molecular flexibility index (Phi) is 4.54. The van der Waals surface area contributed by atoms with Crippen molar-refractivity contribution < 1.29 is 4.79 Å². The summed E-state index contributed by atoms with van der Waals surface area (Å²) in [5, 5.41) is 0.746. The molecule has 4 fully saturated rings. The molecule has 0 bridgehead atoms. The number of hydrogen-bond donors (Lipinski definition) is 0. The van der Waals surface area contributed by atoms with Crippen LogP contribution in [0.3, 0.4) is 0 Å². The van der Waals surface area contributed by atoms with Crippen molar-refractivity contribution >= 4 is 23.5 Å². The van der Waals surface area contributed by atoms with Crippen molar-refractivity contribution in [1.29, 1.82) is 0 Å². The Labute approximate surface area is 174 Å². The molecule has 6 atom stereocenters. The van der Waals surface area contributed by atoms with Gasteiger partial charge in [0.05, 0.1) is 0 Å². The molecule has 150 valence electrons. The Morgan fingerprint density at radius 3 is 2.64 bits per heavy atom. The molecular weight excluding hydrogens is 364 g/mol. The predicted molar refractivity (Wildman–Crippen MR) is 116 cm³/mol. The van der Waals surface area contributed by atoms with Gasteiger partial charge in [-0.05, 0) is 97.3 Å². The average molecular weight is 397 g/mol. The molecule has 1 aromatic rings. The summed E-state index contributed by atoms with van der Waals surface area (Å²) in [4.78, 5) is 13.5. The maximum Gasteiger partial charge on any atom is 0.165 e. The summed E-state index contributed by atoms with van der Waals surface area (Å²) < 4.78 is 0. The first-order chi connectivity index (χ1) is 13.4. The first-order valence-corrected chi connectivity index (χ1v) is 11.8. The first kappa shape index (κ1) is 18.9. The number of carbonyl (C=O) groups is 1. The van der Waals surface area contributed by atoms with Gasteiger partial charge in [0.25, 0.3) is 0 Å². The van der Waals surface area contributed by atoms with Crippen LogP contribution in [0.4, 0.5) is 0 Å². The number of carbonyl (C=O) groups excluding carboxylic acids is 1. The van der Waals surface area contributed by atoms with Crippen molar-refractivity contribution in [3.05, 3.63) is 40.4 Å². The minimum absolute atomic E-state index is 0.147. The molecule has 0 heterocycles. The number of ketones is 1. The molecule has 0 spiro atoms. The number of Topliss-reactive ketones (excluding diaryl/α,β-unsaturated/α-hetero) is 1. The fourth-order valence-corrected chi connectivity index (χ4v) is 8.06. The normalized spacial score (nSPS) is 44.1. The van der Waals surface area contributed by atoms with Gasteiger partial charge in [0.2, 0.25) is 0 Å². The van der Waals surface area contributed by atoms with E-state index in [1.807, 2.05) is 24.3 Å². The molecule has 6 unspecified atom stereocenters. The van der Waals surface area contributed by atoms with Gasteiger partial charge < -0.3 is 0 Å². The van der Waals surface area contributed by atoms with Crippen molar-refractivity contribution in [2.75, 3.05) is 0 Å². The fraction of sp³-hybridized carbons (Fsp3) is 0.654. The number of rotatable bonds is 1. The summed E-state index contributed by atoms with van der Waals surface area (Å²) in [6.45, 7) is 4.88. The van der Waals surface area contributed by atoms with E-state index < -0.39 is 0 Å². The third-order valence-corrected chi connectivity index (χ3v) is 9.80. The summed E-state index contributed by atoms with van der Waals surface area (Å²) in [7, 11) is 0. The highest BCUT2D eigenvalue weighted by molar-refractivity contribution is 6.32. The molecule has 0 aliphatic heterocycles. The Hall–Kier alpha value is -1.08. The topological polar surface area (TPSA) is 17.1 Å². The highest BCUT2D eigenvalue weighted by Gasteiger charge is 2.60. The van der Waals surface area contributed by atoms with Crippen molar-refractivity contribution in [2.45, 2.75) is 71.6 Å². The monoisotopic (exact) mass is 396 g/mol. The molecule has 0 N–H and O–H groups in total. The quantitative estimate of drug-likeness (QED) is 0.454. The predicted octanol–water partition coefficient (Wildman–Crippen LogP) is 7.34. The fourth-order valence-electron chi connectivity index (χ4n) is 7.87. The largest absolute Gasteiger partial charge is 0.294 e. The van der Waals surface area contributed by atoms with Gasteiger partial charge in [-0.15, -0.1) is 0 Å². The van der Waals surface area contributed by atoms with Crippen LogP contribution in [0.5, 0.6) is 0 Å². The molecule has 0 saturated heterocycles. The number of hydrogen-bond acceptors (Lipinski definition) is 1. The zero-order valence-electron chi connectivity index (χ0n) is 17.3. The summed E-state index contributed by atoms with van der Waals surface area (Å²) in [6, 6.07) is 7.91. The van der Waals surface area contributed by atoms with E-state index in [2.05, 4.69) is 19.9 Å². The van der Waals surface area contributed by atoms with E-state index in [-0.39, 0.29) is 5.41 Å². The Morgan fingerprint density at radius 2 is 1.82 bits per heavy atom. The van der Waals surface area contributed by atoms with E-state index >= 15 is 0 Å². The van der Waals surface area contributed by atoms with E-state index in [1.165, 1.54) is 44.9 Å². The Morgan fingerprint density at radius 1 is 1.00 bits per heavy atom. The summed E-state index contributed by atoms with van der Waals surface area (Å²) in [6.07, 6.45) is 13.8. The van der Waals surface area contributed by atoms with Gasteiger partial charge in [-0.2, -0.15) is 0 Å². The van der Waals surface area contributed by atoms with Gasteiger partial charge in [0.15, 0.2) is 5.78 Å². The molecule has 1 nitrogen and oxygen atoms in total. The van der Waals surface area contributed by atoms with Crippen LogP contribution in [0, 0.1) is 34.5 Å². The molecule has 2 heteroatoms. The van der Waals surface area contributed by atoms with Gasteiger partial charge in [-0.1, -0.05) is 56.5 Å². The van der Waals surface area contributed by atoms with Gasteiger partial charge in [-0.25, -0.2) is 0 Å². The SMILES string of the molecule is CC12CCC3C(CCC4CCCCC43C)C1C/C(=C\c1ccccc1Cl)C2=O. The molecule has 0 amide bonds. The Bertz CT molecular complexity index is 825. The van der Waals surface area contributed by atoms with Gasteiger partial charge in [-0.3, -0.25) is 4.79 Å². The molecule has 4 saturated carbocycles. The van der Waals surface area contributed by atoms with Crippen LogP contribution in [-0.4, -0.2) is 5.78 Å². The molecular formula is C26H33ClO. The van der Waals surface area contributed by atoms with Crippen LogP contribution in [0.15, 0.2) is 29.8 Å². The summed E-state index contributed by atoms with van der Waals surface area (Å²) in [5.41, 5.74) is 2.40. The van der Waals surface area contributed by atoms with E-state index in [9.17, 15) is 4.79 Å². The molecule has 4 aliphatic carbocycles. The standard InChI is InChI=1S/C26H33ClO/c1-25-13-6-5-8-19(25)10-11-20-21(25)12-14-26(2)22(20)16-18(24(26)28)15-17-7-3-4-9-23(17)27/h3-4,7,9,15,19-22H,5-6,8,10-14,16H2,1-2H3/b18-15+. The second kappa shape index (κ2) is 6.73. The lowest BCUT2D eigenvalue weighted by atomic mass is 9.45. The van der Waals surface area contributed by atoms with Gasteiger partial charge in [0, 0.05) is 10.4 Å². The number of benzene rings is 1. The third kappa shape index (κ3) is 2.68. The lowest BCUT2D eigenvalue weighted by molar-refractivity contribution is -0.137. The van der Waals surface area contributed by atoms with Gasteiger partial charge >= 0.3 is 0 Å². The maximum absolute atomic E-state index is 13.5. The second-order valence-electron chi connectivity index (χ2n) is 10.6. The van der Waals surface area contributed by atoms with Crippen LogP contribution in [0.1, 0.15) is 77.2 Å². The molecule has 5 rings (SSSR count). The summed E-state index contributed by atoms with van der Waals surface area (Å²) >= 11 is 6.39. The second-order valence-corrected chi connectivity index (χ2v) is 11.0. The molecule has 28 heavy (non-hydrogen) atoms. The van der Waals surface area contributed by atoms with Crippen molar-refractivity contribution in [1.82, 2.24) is 0 Å². The zero-order valence-corrected chi connectivity index (χ0v) is 18.1. The minimum Gasteiger partial charge on any atom is -0.294 e. The van der Waals surface area contributed by atoms with Crippen LogP contribution >= 0.6 is 11.6 Å².